The molecule has 1 heterocycles. The molecule has 2 aromatic carbocycles. The Hall–Kier alpha value is -2.13. The van der Waals surface area contributed by atoms with Gasteiger partial charge in [0.2, 0.25) is 5.91 Å². The second-order valence-corrected chi connectivity index (χ2v) is 7.36. The predicted octanol–water partition coefficient (Wildman–Crippen LogP) is 4.65. The molecule has 1 atom stereocenters. The molecule has 0 unspecified atom stereocenters. The van der Waals surface area contributed by atoms with E-state index < -0.39 is 0 Å². The van der Waals surface area contributed by atoms with Crippen molar-refractivity contribution in [3.8, 4) is 0 Å². The number of carbonyl (C=O) groups is 1. The van der Waals surface area contributed by atoms with Crippen molar-refractivity contribution in [3.63, 3.8) is 0 Å². The highest BCUT2D eigenvalue weighted by molar-refractivity contribution is 5.76. The molecular weight excluding hydrogens is 334 g/mol. The van der Waals surface area contributed by atoms with Gasteiger partial charge >= 0.3 is 0 Å². The Bertz CT molecular complexity index is 671. The number of carbonyl (C=O) groups excluding carboxylic acids is 1. The topological polar surface area (TPSA) is 29.5 Å². The zero-order valence-corrected chi connectivity index (χ0v) is 16.2. The summed E-state index contributed by atoms with van der Waals surface area (Å²) in [6.07, 6.45) is 6.76. The summed E-state index contributed by atoms with van der Waals surface area (Å²) in [5.74, 6) is 0.303. The number of ether oxygens (including phenoxy) is 1. The van der Waals surface area contributed by atoms with Crippen molar-refractivity contribution >= 4 is 5.91 Å². The third kappa shape index (κ3) is 6.51. The van der Waals surface area contributed by atoms with Gasteiger partial charge in [-0.1, -0.05) is 60.7 Å². The van der Waals surface area contributed by atoms with Gasteiger partial charge in [-0.25, -0.2) is 0 Å². The average molecular weight is 366 g/mol. The Labute approximate surface area is 163 Å². The monoisotopic (exact) mass is 365 g/mol. The highest BCUT2D eigenvalue weighted by Crippen LogP contribution is 2.23. The third-order valence-corrected chi connectivity index (χ3v) is 5.36. The molecule has 144 valence electrons. The normalized spacial score (nSPS) is 16.6. The molecule has 3 rings (SSSR count). The average Bonchev–Trinajstić information content (AvgIpc) is 3.19. The van der Waals surface area contributed by atoms with Crippen LogP contribution in [0.1, 0.15) is 43.2 Å². The van der Waals surface area contributed by atoms with Gasteiger partial charge in [-0.3, -0.25) is 4.79 Å². The number of likely N-dealkylation sites (tertiary alicyclic amines) is 1. The van der Waals surface area contributed by atoms with E-state index in [4.69, 9.17) is 4.74 Å². The summed E-state index contributed by atoms with van der Waals surface area (Å²) in [5, 5.41) is 0. The van der Waals surface area contributed by atoms with E-state index in [1.54, 1.807) is 0 Å². The number of rotatable bonds is 10. The van der Waals surface area contributed by atoms with Crippen LogP contribution >= 0.6 is 0 Å². The number of nitrogens with zero attached hydrogens (tertiary/aromatic N) is 1. The van der Waals surface area contributed by atoms with E-state index >= 15 is 0 Å². The summed E-state index contributed by atoms with van der Waals surface area (Å²) < 4.78 is 5.71. The first-order valence-corrected chi connectivity index (χ1v) is 10.3. The molecule has 27 heavy (non-hydrogen) atoms. The van der Waals surface area contributed by atoms with Crippen LogP contribution in [0.3, 0.4) is 0 Å². The predicted molar refractivity (Wildman–Crippen MR) is 110 cm³/mol. The first kappa shape index (κ1) is 19.6. The van der Waals surface area contributed by atoms with Gasteiger partial charge in [0.05, 0.1) is 6.61 Å². The number of benzene rings is 2. The molecule has 0 aliphatic carbocycles. The molecule has 0 spiro atoms. The van der Waals surface area contributed by atoms with E-state index in [1.807, 2.05) is 6.07 Å². The lowest BCUT2D eigenvalue weighted by molar-refractivity contribution is -0.132. The van der Waals surface area contributed by atoms with Crippen molar-refractivity contribution in [3.05, 3.63) is 71.8 Å². The molecule has 0 bridgehead atoms. The van der Waals surface area contributed by atoms with Gasteiger partial charge in [0.1, 0.15) is 0 Å². The molecule has 3 nitrogen and oxygen atoms in total. The van der Waals surface area contributed by atoms with Crippen molar-refractivity contribution < 1.29 is 9.53 Å². The fourth-order valence-electron chi connectivity index (χ4n) is 3.85. The molecule has 2 aromatic rings. The van der Waals surface area contributed by atoms with Gasteiger partial charge in [0.15, 0.2) is 0 Å². The maximum atomic E-state index is 12.6. The van der Waals surface area contributed by atoms with Crippen LogP contribution in [0.2, 0.25) is 0 Å². The Morgan fingerprint density at radius 1 is 0.926 bits per heavy atom. The van der Waals surface area contributed by atoms with E-state index in [2.05, 4.69) is 59.5 Å². The molecule has 1 saturated heterocycles. The van der Waals surface area contributed by atoms with Crippen LogP contribution in [0.4, 0.5) is 0 Å². The number of hydrogen-bond donors (Lipinski definition) is 0. The van der Waals surface area contributed by atoms with Crippen molar-refractivity contribution in [2.24, 2.45) is 0 Å². The zero-order valence-electron chi connectivity index (χ0n) is 16.2. The Kier molecular flexibility index (Phi) is 7.91. The SMILES string of the molecule is O=C(CCCOCCc1ccccc1)N1CCC[C@H]1CCc1ccccc1. The summed E-state index contributed by atoms with van der Waals surface area (Å²) in [6.45, 7) is 2.32. The third-order valence-electron chi connectivity index (χ3n) is 5.36. The number of hydrogen-bond acceptors (Lipinski definition) is 2. The summed E-state index contributed by atoms with van der Waals surface area (Å²) in [4.78, 5) is 14.7. The van der Waals surface area contributed by atoms with Gasteiger partial charge in [-0.15, -0.1) is 0 Å². The van der Waals surface area contributed by atoms with Crippen LogP contribution in [0, 0.1) is 0 Å². The maximum absolute atomic E-state index is 12.6. The van der Waals surface area contributed by atoms with Crippen molar-refractivity contribution in [1.82, 2.24) is 4.90 Å². The molecule has 0 saturated carbocycles. The lowest BCUT2D eigenvalue weighted by Crippen LogP contribution is -2.35. The summed E-state index contributed by atoms with van der Waals surface area (Å²) in [7, 11) is 0. The van der Waals surface area contributed by atoms with Gasteiger partial charge in [0.25, 0.3) is 0 Å². The molecule has 0 aromatic heterocycles. The van der Waals surface area contributed by atoms with Gasteiger partial charge in [0, 0.05) is 25.6 Å². The van der Waals surface area contributed by atoms with E-state index in [1.165, 1.54) is 11.1 Å². The molecule has 1 amide bonds. The first-order chi connectivity index (χ1) is 13.3. The summed E-state index contributed by atoms with van der Waals surface area (Å²) in [5.41, 5.74) is 2.66. The minimum atomic E-state index is 0.303. The number of aryl methyl sites for hydroxylation is 1. The van der Waals surface area contributed by atoms with E-state index in [9.17, 15) is 4.79 Å². The molecule has 3 heteroatoms. The molecule has 0 N–H and O–H groups in total. The van der Waals surface area contributed by atoms with Crippen LogP contribution in [-0.2, 0) is 22.4 Å². The first-order valence-electron chi connectivity index (χ1n) is 10.3. The molecule has 0 radical (unpaired) electrons. The Morgan fingerprint density at radius 2 is 1.59 bits per heavy atom. The van der Waals surface area contributed by atoms with Crippen molar-refractivity contribution in [2.75, 3.05) is 19.8 Å². The van der Waals surface area contributed by atoms with Gasteiger partial charge in [-0.2, -0.15) is 0 Å². The Balaban J connectivity index is 1.31. The second-order valence-electron chi connectivity index (χ2n) is 7.36. The minimum absolute atomic E-state index is 0.303. The summed E-state index contributed by atoms with van der Waals surface area (Å²) in [6, 6.07) is 21.4. The highest BCUT2D eigenvalue weighted by atomic mass is 16.5. The Morgan fingerprint density at radius 3 is 2.30 bits per heavy atom. The second kappa shape index (κ2) is 10.9. The quantitative estimate of drug-likeness (QED) is 0.574. The number of amides is 1. The molecule has 1 fully saturated rings. The molecular formula is C24H31NO2. The lowest BCUT2D eigenvalue weighted by Gasteiger charge is -2.25. The van der Waals surface area contributed by atoms with Crippen LogP contribution in [0.5, 0.6) is 0 Å². The zero-order chi connectivity index (χ0) is 18.7. The van der Waals surface area contributed by atoms with Crippen LogP contribution in [0.15, 0.2) is 60.7 Å². The largest absolute Gasteiger partial charge is 0.381 e. The van der Waals surface area contributed by atoms with Crippen LogP contribution < -0.4 is 0 Å². The highest BCUT2D eigenvalue weighted by Gasteiger charge is 2.27. The van der Waals surface area contributed by atoms with Crippen LogP contribution in [-0.4, -0.2) is 36.6 Å². The van der Waals surface area contributed by atoms with Crippen molar-refractivity contribution in [2.45, 2.75) is 51.0 Å². The molecule has 1 aliphatic heterocycles. The lowest BCUT2D eigenvalue weighted by atomic mass is 10.0. The fraction of sp³-hybridized carbons (Fsp3) is 0.458. The smallest absolute Gasteiger partial charge is 0.222 e. The fourth-order valence-corrected chi connectivity index (χ4v) is 3.85. The van der Waals surface area contributed by atoms with E-state index in [0.717, 1.165) is 51.7 Å². The van der Waals surface area contributed by atoms with Crippen molar-refractivity contribution in [1.29, 1.82) is 0 Å². The maximum Gasteiger partial charge on any atom is 0.222 e. The van der Waals surface area contributed by atoms with E-state index in [-0.39, 0.29) is 0 Å². The summed E-state index contributed by atoms with van der Waals surface area (Å²) >= 11 is 0. The van der Waals surface area contributed by atoms with E-state index in [0.29, 0.717) is 25.0 Å². The minimum Gasteiger partial charge on any atom is -0.381 e. The van der Waals surface area contributed by atoms with Gasteiger partial charge < -0.3 is 9.64 Å². The molecule has 1 aliphatic rings. The van der Waals surface area contributed by atoms with Crippen LogP contribution in [0.25, 0.3) is 0 Å². The standard InChI is InChI=1S/C24H31NO2/c26-24(14-8-19-27-20-17-22-11-5-2-6-12-22)25-18-7-13-23(25)16-15-21-9-3-1-4-10-21/h1-6,9-12,23H,7-8,13-20H2/t23-/m0/s1. The van der Waals surface area contributed by atoms with Gasteiger partial charge in [-0.05, 0) is 49.7 Å².